The number of ketones is 1. The standard InChI is InChI=1S/C20H29NO3/c1-3-19(22)18(20(23)24-4-2)14-16-10-12-21(13-11-16)15-17-8-6-5-7-9-17/h5-9,16,18H,3-4,10-15H2,1-2H3. The number of hydrogen-bond donors (Lipinski definition) is 0. The zero-order valence-corrected chi connectivity index (χ0v) is 14.9. The lowest BCUT2D eigenvalue weighted by molar-refractivity contribution is -0.152. The largest absolute Gasteiger partial charge is 0.465 e. The predicted octanol–water partition coefficient (Wildman–Crippen LogP) is 3.45. The van der Waals surface area contributed by atoms with Gasteiger partial charge in [0.15, 0.2) is 0 Å². The highest BCUT2D eigenvalue weighted by molar-refractivity contribution is 5.98. The highest BCUT2D eigenvalue weighted by Crippen LogP contribution is 2.27. The third kappa shape index (κ3) is 5.45. The summed E-state index contributed by atoms with van der Waals surface area (Å²) in [6.07, 6.45) is 3.13. The highest BCUT2D eigenvalue weighted by atomic mass is 16.5. The van der Waals surface area contributed by atoms with Gasteiger partial charge in [-0.15, -0.1) is 0 Å². The molecule has 0 aliphatic carbocycles. The molecule has 4 nitrogen and oxygen atoms in total. The number of nitrogens with zero attached hydrogens (tertiary/aromatic N) is 1. The van der Waals surface area contributed by atoms with Crippen molar-refractivity contribution in [2.24, 2.45) is 11.8 Å². The van der Waals surface area contributed by atoms with Crippen molar-refractivity contribution in [1.82, 2.24) is 4.90 Å². The van der Waals surface area contributed by atoms with Crippen LogP contribution in [0.1, 0.15) is 45.1 Å². The fourth-order valence-electron chi connectivity index (χ4n) is 3.40. The average molecular weight is 331 g/mol. The first kappa shape index (κ1) is 18.7. The molecule has 4 heteroatoms. The van der Waals surface area contributed by atoms with E-state index in [9.17, 15) is 9.59 Å². The fraction of sp³-hybridized carbons (Fsp3) is 0.600. The Kier molecular flexibility index (Phi) is 7.44. The molecule has 1 fully saturated rings. The second kappa shape index (κ2) is 9.58. The van der Waals surface area contributed by atoms with Gasteiger partial charge in [-0.1, -0.05) is 37.3 Å². The Morgan fingerprint density at radius 2 is 1.83 bits per heavy atom. The molecule has 1 aromatic rings. The lowest BCUT2D eigenvalue weighted by Gasteiger charge is -2.33. The zero-order chi connectivity index (χ0) is 17.4. The van der Waals surface area contributed by atoms with E-state index in [0.29, 0.717) is 25.4 Å². The number of carbonyl (C=O) groups is 2. The SMILES string of the molecule is CCOC(=O)C(CC1CCN(Cc2ccccc2)CC1)C(=O)CC. The van der Waals surface area contributed by atoms with Crippen LogP contribution in [0.5, 0.6) is 0 Å². The number of Topliss-reactive ketones (excluding diaryl/α,β-unsaturated/α-hetero) is 1. The lowest BCUT2D eigenvalue weighted by Crippen LogP contribution is -2.36. The molecule has 0 N–H and O–H groups in total. The Labute approximate surface area is 145 Å². The third-order valence-electron chi connectivity index (χ3n) is 4.83. The van der Waals surface area contributed by atoms with Crippen LogP contribution >= 0.6 is 0 Å². The van der Waals surface area contributed by atoms with Gasteiger partial charge in [0.2, 0.25) is 0 Å². The Balaban J connectivity index is 1.84. The molecule has 0 amide bonds. The van der Waals surface area contributed by atoms with E-state index in [0.717, 1.165) is 32.5 Å². The number of hydrogen-bond acceptors (Lipinski definition) is 4. The minimum absolute atomic E-state index is 0.0140. The quantitative estimate of drug-likeness (QED) is 0.541. The van der Waals surface area contributed by atoms with Crippen molar-refractivity contribution in [3.05, 3.63) is 35.9 Å². The maximum atomic E-state index is 12.1. The topological polar surface area (TPSA) is 46.6 Å². The van der Waals surface area contributed by atoms with E-state index < -0.39 is 5.92 Å². The summed E-state index contributed by atoms with van der Waals surface area (Å²) in [6, 6.07) is 10.5. The summed E-state index contributed by atoms with van der Waals surface area (Å²) in [5.74, 6) is -0.459. The monoisotopic (exact) mass is 331 g/mol. The molecule has 1 saturated heterocycles. The van der Waals surface area contributed by atoms with Crippen LogP contribution in [0, 0.1) is 11.8 Å². The van der Waals surface area contributed by atoms with Gasteiger partial charge >= 0.3 is 5.97 Å². The molecule has 132 valence electrons. The molecule has 1 heterocycles. The number of benzene rings is 1. The lowest BCUT2D eigenvalue weighted by atomic mass is 9.84. The second-order valence-electron chi connectivity index (χ2n) is 6.57. The number of rotatable bonds is 8. The molecule has 2 rings (SSSR count). The normalized spacial score (nSPS) is 17.4. The van der Waals surface area contributed by atoms with Gasteiger partial charge in [0.25, 0.3) is 0 Å². The first-order chi connectivity index (χ1) is 11.6. The molecule has 1 atom stereocenters. The van der Waals surface area contributed by atoms with Gasteiger partial charge < -0.3 is 4.74 Å². The maximum absolute atomic E-state index is 12.1. The second-order valence-corrected chi connectivity index (χ2v) is 6.57. The van der Waals surface area contributed by atoms with Crippen molar-refractivity contribution >= 4 is 11.8 Å². The molecule has 0 bridgehead atoms. The summed E-state index contributed by atoms with van der Waals surface area (Å²) in [5.41, 5.74) is 1.33. The molecule has 0 saturated carbocycles. The van der Waals surface area contributed by atoms with Crippen molar-refractivity contribution in [3.8, 4) is 0 Å². The smallest absolute Gasteiger partial charge is 0.316 e. The Morgan fingerprint density at radius 1 is 1.17 bits per heavy atom. The minimum atomic E-state index is -0.569. The van der Waals surface area contributed by atoms with E-state index in [1.165, 1.54) is 5.56 Å². The Morgan fingerprint density at radius 3 is 2.42 bits per heavy atom. The van der Waals surface area contributed by atoms with Crippen LogP contribution in [-0.4, -0.2) is 36.3 Å². The van der Waals surface area contributed by atoms with Crippen LogP contribution in [-0.2, 0) is 20.9 Å². The van der Waals surface area contributed by atoms with Crippen molar-refractivity contribution in [2.45, 2.75) is 46.1 Å². The molecule has 1 unspecified atom stereocenters. The van der Waals surface area contributed by atoms with Crippen LogP contribution in [0.15, 0.2) is 30.3 Å². The van der Waals surface area contributed by atoms with Crippen LogP contribution in [0.4, 0.5) is 0 Å². The van der Waals surface area contributed by atoms with Crippen molar-refractivity contribution in [1.29, 1.82) is 0 Å². The summed E-state index contributed by atoms with van der Waals surface area (Å²) >= 11 is 0. The van der Waals surface area contributed by atoms with E-state index in [4.69, 9.17) is 4.74 Å². The number of esters is 1. The number of ether oxygens (including phenoxy) is 1. The van der Waals surface area contributed by atoms with Crippen LogP contribution < -0.4 is 0 Å². The molecular formula is C20H29NO3. The number of carbonyl (C=O) groups excluding carboxylic acids is 2. The van der Waals surface area contributed by atoms with Gasteiger partial charge in [-0.2, -0.15) is 0 Å². The van der Waals surface area contributed by atoms with E-state index in [1.807, 2.05) is 13.0 Å². The minimum Gasteiger partial charge on any atom is -0.465 e. The van der Waals surface area contributed by atoms with Gasteiger partial charge in [0.1, 0.15) is 11.7 Å². The molecular weight excluding hydrogens is 302 g/mol. The maximum Gasteiger partial charge on any atom is 0.316 e. The summed E-state index contributed by atoms with van der Waals surface area (Å²) in [6.45, 7) is 6.96. The Hall–Kier alpha value is -1.68. The zero-order valence-electron chi connectivity index (χ0n) is 14.9. The number of piperidine rings is 1. The summed E-state index contributed by atoms with van der Waals surface area (Å²) in [7, 11) is 0. The predicted molar refractivity (Wildman–Crippen MR) is 94.5 cm³/mol. The van der Waals surface area contributed by atoms with E-state index in [-0.39, 0.29) is 11.8 Å². The van der Waals surface area contributed by atoms with Crippen LogP contribution in [0.3, 0.4) is 0 Å². The van der Waals surface area contributed by atoms with E-state index >= 15 is 0 Å². The summed E-state index contributed by atoms with van der Waals surface area (Å²) < 4.78 is 5.10. The highest BCUT2D eigenvalue weighted by Gasteiger charge is 2.31. The molecule has 24 heavy (non-hydrogen) atoms. The molecule has 0 spiro atoms. The van der Waals surface area contributed by atoms with Crippen LogP contribution in [0.25, 0.3) is 0 Å². The summed E-state index contributed by atoms with van der Waals surface area (Å²) in [5, 5.41) is 0. The Bertz CT molecular complexity index is 521. The summed E-state index contributed by atoms with van der Waals surface area (Å²) in [4.78, 5) is 26.6. The molecule has 0 aromatic heterocycles. The van der Waals surface area contributed by atoms with Gasteiger partial charge in [0, 0.05) is 13.0 Å². The van der Waals surface area contributed by atoms with E-state index in [2.05, 4.69) is 29.2 Å². The molecule has 1 aromatic carbocycles. The third-order valence-corrected chi connectivity index (χ3v) is 4.83. The average Bonchev–Trinajstić information content (AvgIpc) is 2.61. The van der Waals surface area contributed by atoms with Gasteiger partial charge in [0.05, 0.1) is 6.61 Å². The van der Waals surface area contributed by atoms with E-state index in [1.54, 1.807) is 6.92 Å². The molecule has 1 aliphatic rings. The number of likely N-dealkylation sites (tertiary alicyclic amines) is 1. The fourth-order valence-corrected chi connectivity index (χ4v) is 3.40. The van der Waals surface area contributed by atoms with Gasteiger partial charge in [-0.3, -0.25) is 14.5 Å². The first-order valence-electron chi connectivity index (χ1n) is 9.09. The van der Waals surface area contributed by atoms with Crippen molar-refractivity contribution in [2.75, 3.05) is 19.7 Å². The van der Waals surface area contributed by atoms with Gasteiger partial charge in [-0.05, 0) is 50.8 Å². The molecule has 0 radical (unpaired) electrons. The van der Waals surface area contributed by atoms with Crippen LogP contribution in [0.2, 0.25) is 0 Å². The van der Waals surface area contributed by atoms with Gasteiger partial charge in [-0.25, -0.2) is 0 Å². The van der Waals surface area contributed by atoms with Crippen molar-refractivity contribution in [3.63, 3.8) is 0 Å². The molecule has 1 aliphatic heterocycles. The van der Waals surface area contributed by atoms with Crippen molar-refractivity contribution < 1.29 is 14.3 Å². The first-order valence-corrected chi connectivity index (χ1v) is 9.09.